The number of rotatable bonds is 4. The predicted molar refractivity (Wildman–Crippen MR) is 101 cm³/mol. The van der Waals surface area contributed by atoms with Crippen molar-refractivity contribution >= 4 is 24.6 Å². The third-order valence-corrected chi connectivity index (χ3v) is 5.05. The van der Waals surface area contributed by atoms with Crippen molar-refractivity contribution in [2.75, 3.05) is 13.1 Å². The van der Waals surface area contributed by atoms with Gasteiger partial charge < -0.3 is 10.3 Å². The van der Waals surface area contributed by atoms with Gasteiger partial charge >= 0.3 is 0 Å². The molecule has 0 aromatic carbocycles. The molecule has 0 aliphatic carbocycles. The second kappa shape index (κ2) is 7.21. The maximum absolute atomic E-state index is 13.8. The Hall–Kier alpha value is -2.80. The van der Waals surface area contributed by atoms with E-state index < -0.39 is 0 Å². The summed E-state index contributed by atoms with van der Waals surface area (Å²) in [6.07, 6.45) is 8.39. The number of halogens is 1. The molecule has 0 atom stereocenters. The number of piperidine rings is 1. The maximum atomic E-state index is 13.8. The maximum Gasteiger partial charge on any atom is 0.145 e. The lowest BCUT2D eigenvalue weighted by molar-refractivity contribution is 0.189. The van der Waals surface area contributed by atoms with Crippen LogP contribution in [-0.2, 0) is 6.54 Å². The van der Waals surface area contributed by atoms with Gasteiger partial charge in [0.2, 0.25) is 0 Å². The van der Waals surface area contributed by atoms with E-state index in [1.54, 1.807) is 18.6 Å². The fraction of sp³-hybridized carbons (Fsp3) is 0.316. The molecular formula is C19H21FN6. The molecule has 2 N–H and O–H groups in total. The number of nitrogens with zero attached hydrogens (tertiary/aromatic N) is 4. The SMILES string of the molecule is C=N/C(=C1\NC=Nc2[nH]ccc21)C1CCN(Cc2ccncc2F)CC1. The van der Waals surface area contributed by atoms with Gasteiger partial charge in [-0.2, -0.15) is 0 Å². The molecule has 0 spiro atoms. The number of H-pyrrole nitrogens is 1. The van der Waals surface area contributed by atoms with E-state index in [0.717, 1.165) is 48.7 Å². The largest absolute Gasteiger partial charge is 0.346 e. The number of hydrogen-bond acceptors (Lipinski definition) is 5. The molecule has 2 aromatic rings. The first-order valence-corrected chi connectivity index (χ1v) is 8.74. The van der Waals surface area contributed by atoms with Crippen LogP contribution in [0.5, 0.6) is 0 Å². The number of aromatic nitrogens is 2. The average Bonchev–Trinajstić information content (AvgIpc) is 3.15. The zero-order valence-corrected chi connectivity index (χ0v) is 14.5. The highest BCUT2D eigenvalue weighted by Crippen LogP contribution is 2.34. The Bertz CT molecular complexity index is 860. The zero-order chi connectivity index (χ0) is 17.9. The number of fused-ring (bicyclic) bond motifs is 1. The van der Waals surface area contributed by atoms with Crippen LogP contribution in [0.2, 0.25) is 0 Å². The highest BCUT2D eigenvalue weighted by atomic mass is 19.1. The lowest BCUT2D eigenvalue weighted by Crippen LogP contribution is -2.34. The first kappa shape index (κ1) is 16.7. The number of aromatic amines is 1. The molecule has 0 saturated carbocycles. The second-order valence-corrected chi connectivity index (χ2v) is 6.58. The van der Waals surface area contributed by atoms with Crippen molar-refractivity contribution in [2.24, 2.45) is 15.9 Å². The van der Waals surface area contributed by atoms with Crippen LogP contribution in [0.3, 0.4) is 0 Å². The van der Waals surface area contributed by atoms with Gasteiger partial charge in [0.05, 0.1) is 23.9 Å². The Balaban J connectivity index is 1.47. The number of pyridine rings is 1. The normalized spacial score (nSPS) is 19.7. The summed E-state index contributed by atoms with van der Waals surface area (Å²) in [5, 5.41) is 3.23. The highest BCUT2D eigenvalue weighted by molar-refractivity contribution is 5.87. The molecule has 1 saturated heterocycles. The zero-order valence-electron chi connectivity index (χ0n) is 14.5. The Kier molecular flexibility index (Phi) is 4.62. The Labute approximate surface area is 151 Å². The molecule has 4 rings (SSSR count). The van der Waals surface area contributed by atoms with Crippen molar-refractivity contribution in [3.05, 3.63) is 53.4 Å². The Morgan fingerprint density at radius 2 is 2.19 bits per heavy atom. The molecule has 6 nitrogen and oxygen atoms in total. The molecule has 134 valence electrons. The Morgan fingerprint density at radius 1 is 1.35 bits per heavy atom. The smallest absolute Gasteiger partial charge is 0.145 e. The standard InChI is InChI=1S/C19H21FN6/c1-21-17(18-15-3-7-23-19(15)25-12-24-18)13-4-8-26(9-5-13)11-14-2-6-22-10-16(14)20/h2-3,6-7,10,12-13,23H,1,4-5,8-9,11H2,(H,24,25)/b18-17-. The van der Waals surface area contributed by atoms with Crippen LogP contribution in [0.4, 0.5) is 10.2 Å². The summed E-state index contributed by atoms with van der Waals surface area (Å²) in [5.41, 5.74) is 3.67. The van der Waals surface area contributed by atoms with Gasteiger partial charge in [-0.1, -0.05) is 0 Å². The van der Waals surface area contributed by atoms with Gasteiger partial charge in [0, 0.05) is 36.0 Å². The van der Waals surface area contributed by atoms with E-state index in [9.17, 15) is 4.39 Å². The quantitative estimate of drug-likeness (QED) is 0.831. The summed E-state index contributed by atoms with van der Waals surface area (Å²) in [7, 11) is 0. The molecular weight excluding hydrogens is 331 g/mol. The van der Waals surface area contributed by atoms with Crippen molar-refractivity contribution in [3.63, 3.8) is 0 Å². The van der Waals surface area contributed by atoms with Gasteiger partial charge in [-0.15, -0.1) is 0 Å². The first-order chi connectivity index (χ1) is 12.8. The minimum absolute atomic E-state index is 0.240. The molecule has 0 unspecified atom stereocenters. The Morgan fingerprint density at radius 3 is 2.96 bits per heavy atom. The number of nitrogens with one attached hydrogen (secondary N) is 2. The van der Waals surface area contributed by atoms with Crippen LogP contribution in [-0.4, -0.2) is 41.0 Å². The van der Waals surface area contributed by atoms with Crippen LogP contribution in [0.1, 0.15) is 24.0 Å². The lowest BCUT2D eigenvalue weighted by Gasteiger charge is -2.33. The number of hydrogen-bond donors (Lipinski definition) is 2. The van der Waals surface area contributed by atoms with E-state index >= 15 is 0 Å². The van der Waals surface area contributed by atoms with E-state index in [2.05, 4.69) is 36.9 Å². The minimum Gasteiger partial charge on any atom is -0.346 e. The van der Waals surface area contributed by atoms with Gasteiger partial charge in [0.25, 0.3) is 0 Å². The van der Waals surface area contributed by atoms with E-state index in [1.807, 2.05) is 12.3 Å². The van der Waals surface area contributed by atoms with Crippen LogP contribution in [0, 0.1) is 11.7 Å². The van der Waals surface area contributed by atoms with E-state index in [-0.39, 0.29) is 5.82 Å². The summed E-state index contributed by atoms with van der Waals surface area (Å²) in [6.45, 7) is 6.20. The summed E-state index contributed by atoms with van der Waals surface area (Å²) in [5.74, 6) is 0.921. The van der Waals surface area contributed by atoms with Crippen molar-refractivity contribution in [1.82, 2.24) is 20.2 Å². The molecule has 0 radical (unpaired) electrons. The summed E-state index contributed by atoms with van der Waals surface area (Å²) in [6, 6.07) is 3.75. The second-order valence-electron chi connectivity index (χ2n) is 6.58. The third kappa shape index (κ3) is 3.17. The molecule has 26 heavy (non-hydrogen) atoms. The van der Waals surface area contributed by atoms with Crippen molar-refractivity contribution < 1.29 is 4.39 Å². The van der Waals surface area contributed by atoms with E-state index in [1.165, 1.54) is 6.20 Å². The van der Waals surface area contributed by atoms with Crippen LogP contribution < -0.4 is 5.32 Å². The number of aliphatic imine (C=N–C) groups is 2. The average molecular weight is 352 g/mol. The lowest BCUT2D eigenvalue weighted by atomic mass is 9.91. The molecule has 2 aliphatic rings. The monoisotopic (exact) mass is 352 g/mol. The predicted octanol–water partition coefficient (Wildman–Crippen LogP) is 3.09. The van der Waals surface area contributed by atoms with E-state index in [4.69, 9.17) is 0 Å². The number of allylic oxidation sites excluding steroid dienone is 1. The topological polar surface area (TPSA) is 68.7 Å². The van der Waals surface area contributed by atoms with Crippen LogP contribution in [0.25, 0.3) is 5.70 Å². The van der Waals surface area contributed by atoms with Crippen molar-refractivity contribution in [1.29, 1.82) is 0 Å². The fourth-order valence-electron chi connectivity index (χ4n) is 3.67. The van der Waals surface area contributed by atoms with Gasteiger partial charge in [-0.3, -0.25) is 14.9 Å². The van der Waals surface area contributed by atoms with Gasteiger partial charge in [-0.05, 0) is 44.8 Å². The van der Waals surface area contributed by atoms with Crippen molar-refractivity contribution in [2.45, 2.75) is 19.4 Å². The van der Waals surface area contributed by atoms with Gasteiger partial charge in [0.15, 0.2) is 0 Å². The fourth-order valence-corrected chi connectivity index (χ4v) is 3.67. The van der Waals surface area contributed by atoms with Gasteiger partial charge in [-0.25, -0.2) is 9.38 Å². The minimum atomic E-state index is -0.240. The van der Waals surface area contributed by atoms with Crippen LogP contribution in [0.15, 0.2) is 46.4 Å². The van der Waals surface area contributed by atoms with Crippen LogP contribution >= 0.6 is 0 Å². The number of likely N-dealkylation sites (tertiary alicyclic amines) is 1. The summed E-state index contributed by atoms with van der Waals surface area (Å²) in [4.78, 5) is 17.8. The molecule has 2 aromatic heterocycles. The molecule has 0 amide bonds. The molecule has 4 heterocycles. The molecule has 2 aliphatic heterocycles. The molecule has 0 bridgehead atoms. The van der Waals surface area contributed by atoms with E-state index in [0.29, 0.717) is 18.0 Å². The summed E-state index contributed by atoms with van der Waals surface area (Å²) >= 11 is 0. The first-order valence-electron chi connectivity index (χ1n) is 8.74. The third-order valence-electron chi connectivity index (χ3n) is 5.05. The van der Waals surface area contributed by atoms with Gasteiger partial charge in [0.1, 0.15) is 11.6 Å². The molecule has 7 heteroatoms. The summed E-state index contributed by atoms with van der Waals surface area (Å²) < 4.78 is 13.8. The van der Waals surface area contributed by atoms with Crippen molar-refractivity contribution in [3.8, 4) is 0 Å². The molecule has 1 fully saturated rings. The highest BCUT2D eigenvalue weighted by Gasteiger charge is 2.26.